The second kappa shape index (κ2) is 18.8. The summed E-state index contributed by atoms with van der Waals surface area (Å²) in [6.07, 6.45) is 3.38. The van der Waals surface area contributed by atoms with Crippen molar-refractivity contribution in [2.24, 2.45) is 0 Å². The molecule has 4 rings (SSSR count). The molecule has 1 saturated heterocycles. The first-order chi connectivity index (χ1) is 24.9. The summed E-state index contributed by atoms with van der Waals surface area (Å²) in [5.74, 6) is -2.82. The molecule has 52 heavy (non-hydrogen) atoms. The summed E-state index contributed by atoms with van der Waals surface area (Å²) < 4.78 is 0. The monoisotopic (exact) mass is 713 g/mol. The number of carbonyl (C=O) groups is 5. The number of anilines is 1. The zero-order valence-corrected chi connectivity index (χ0v) is 30.4. The second-order valence-electron chi connectivity index (χ2n) is 13.5. The number of aromatic hydroxyl groups is 1. The molecule has 3 aromatic rings. The summed E-state index contributed by atoms with van der Waals surface area (Å²) >= 11 is 0. The van der Waals surface area contributed by atoms with Gasteiger partial charge in [-0.25, -0.2) is 4.79 Å². The molecule has 5 N–H and O–H groups in total. The van der Waals surface area contributed by atoms with E-state index in [0.29, 0.717) is 42.6 Å². The fourth-order valence-corrected chi connectivity index (χ4v) is 6.82. The molecule has 0 radical (unpaired) electrons. The molecule has 0 saturated carbocycles. The summed E-state index contributed by atoms with van der Waals surface area (Å²) in [5.41, 5.74) is 3.84. The molecule has 0 bridgehead atoms. The van der Waals surface area contributed by atoms with Crippen LogP contribution in [-0.4, -0.2) is 88.5 Å². The van der Waals surface area contributed by atoms with Crippen LogP contribution < -0.4 is 20.9 Å². The van der Waals surface area contributed by atoms with Crippen LogP contribution >= 0.6 is 0 Å². The lowest BCUT2D eigenvalue weighted by molar-refractivity contribution is -0.142. The van der Waals surface area contributed by atoms with Gasteiger partial charge in [-0.05, 0) is 93.1 Å². The molecule has 12 heteroatoms. The van der Waals surface area contributed by atoms with Crippen molar-refractivity contribution < 1.29 is 34.2 Å². The maximum atomic E-state index is 14.0. The van der Waals surface area contributed by atoms with Crippen LogP contribution in [0.4, 0.5) is 5.69 Å². The first-order valence-corrected chi connectivity index (χ1v) is 17.9. The quantitative estimate of drug-likeness (QED) is 0.150. The van der Waals surface area contributed by atoms with E-state index in [1.165, 1.54) is 19.1 Å². The highest BCUT2D eigenvalue weighted by Gasteiger charge is 2.35. The second-order valence-corrected chi connectivity index (χ2v) is 13.5. The van der Waals surface area contributed by atoms with Crippen molar-refractivity contribution >= 4 is 35.3 Å². The van der Waals surface area contributed by atoms with Crippen LogP contribution in [0.3, 0.4) is 0 Å². The van der Waals surface area contributed by atoms with Gasteiger partial charge in [0, 0.05) is 31.1 Å². The highest BCUT2D eigenvalue weighted by Crippen LogP contribution is 2.26. The molecule has 4 atom stereocenters. The summed E-state index contributed by atoms with van der Waals surface area (Å²) in [6, 6.07) is 19.2. The van der Waals surface area contributed by atoms with E-state index in [9.17, 15) is 34.2 Å². The minimum Gasteiger partial charge on any atom is -0.508 e. The number of nitrogens with one attached hydrogen (secondary N) is 3. The van der Waals surface area contributed by atoms with Gasteiger partial charge in [-0.15, -0.1) is 0 Å². The molecule has 1 fully saturated rings. The summed E-state index contributed by atoms with van der Waals surface area (Å²) in [5, 5.41) is 27.5. The molecule has 1 aliphatic rings. The first kappa shape index (κ1) is 39.6. The van der Waals surface area contributed by atoms with Gasteiger partial charge < -0.3 is 31.1 Å². The fourth-order valence-electron chi connectivity index (χ4n) is 6.82. The van der Waals surface area contributed by atoms with Crippen LogP contribution in [0, 0.1) is 13.8 Å². The lowest BCUT2D eigenvalue weighted by Gasteiger charge is -2.42. The molecule has 3 aromatic carbocycles. The number of aliphatic carboxylic acids is 1. The molecule has 0 aromatic heterocycles. The highest BCUT2D eigenvalue weighted by atomic mass is 16.4. The predicted octanol–water partition coefficient (Wildman–Crippen LogP) is 3.65. The molecule has 1 unspecified atom stereocenters. The van der Waals surface area contributed by atoms with E-state index in [2.05, 4.69) is 20.9 Å². The molecule has 1 heterocycles. The topological polar surface area (TPSA) is 168 Å². The zero-order valence-electron chi connectivity index (χ0n) is 30.4. The number of phenolic OH excluding ortho intramolecular Hbond substituents is 1. The zero-order chi connectivity index (χ0) is 37.8. The smallest absolute Gasteiger partial charge is 0.326 e. The van der Waals surface area contributed by atoms with Gasteiger partial charge in [0.1, 0.15) is 17.8 Å². The van der Waals surface area contributed by atoms with Gasteiger partial charge in [-0.1, -0.05) is 61.9 Å². The molecule has 12 nitrogen and oxygen atoms in total. The lowest BCUT2D eigenvalue weighted by Crippen LogP contribution is -2.58. The minimum atomic E-state index is -1.27. The fraction of sp³-hybridized carbons (Fsp3) is 0.425. The van der Waals surface area contributed by atoms with E-state index in [-0.39, 0.29) is 36.6 Å². The van der Waals surface area contributed by atoms with E-state index in [0.717, 1.165) is 30.5 Å². The van der Waals surface area contributed by atoms with Gasteiger partial charge in [-0.3, -0.25) is 24.1 Å². The first-order valence-electron chi connectivity index (χ1n) is 17.9. The number of phenols is 1. The number of rotatable bonds is 16. The van der Waals surface area contributed by atoms with Crippen LogP contribution in [-0.2, 0) is 36.8 Å². The molecular formula is C40H51N5O7. The normalized spacial score (nSPS) is 16.2. The largest absolute Gasteiger partial charge is 0.508 e. The Hall–Kier alpha value is -5.23. The third kappa shape index (κ3) is 10.9. The van der Waals surface area contributed by atoms with Crippen molar-refractivity contribution in [1.29, 1.82) is 0 Å². The van der Waals surface area contributed by atoms with Gasteiger partial charge >= 0.3 is 5.97 Å². The van der Waals surface area contributed by atoms with Crippen LogP contribution in [0.2, 0.25) is 0 Å². The van der Waals surface area contributed by atoms with Gasteiger partial charge in [0.2, 0.25) is 23.6 Å². The van der Waals surface area contributed by atoms with E-state index in [1.54, 1.807) is 18.7 Å². The third-order valence-corrected chi connectivity index (χ3v) is 9.61. The predicted molar refractivity (Wildman–Crippen MR) is 199 cm³/mol. The molecule has 1 aliphatic heterocycles. The van der Waals surface area contributed by atoms with E-state index in [4.69, 9.17) is 0 Å². The van der Waals surface area contributed by atoms with Crippen molar-refractivity contribution in [2.75, 3.05) is 24.5 Å². The summed E-state index contributed by atoms with van der Waals surface area (Å²) in [4.78, 5) is 69.1. The lowest BCUT2D eigenvalue weighted by atomic mass is 9.95. The molecule has 0 spiro atoms. The van der Waals surface area contributed by atoms with Gasteiger partial charge in [0.25, 0.3) is 0 Å². The van der Waals surface area contributed by atoms with Crippen molar-refractivity contribution in [2.45, 2.75) is 90.4 Å². The number of nitrogens with zero attached hydrogens (tertiary/aromatic N) is 2. The Morgan fingerprint density at radius 1 is 0.885 bits per heavy atom. The number of carboxylic acids is 1. The molecule has 278 valence electrons. The van der Waals surface area contributed by atoms with Crippen molar-refractivity contribution in [3.63, 3.8) is 0 Å². The Morgan fingerprint density at radius 3 is 2.13 bits per heavy atom. The molecular weight excluding hydrogens is 662 g/mol. The SMILES string of the molecule is CCC(=O)N(CC1CCCCN1[C@@H](Cc1ccccc1)C(=O)NCC(=O)N[C@H](C)C(=O)N[C@@H](Cc1c(C)cc(O)cc1C)C(=O)O)c1ccccc1. The average Bonchev–Trinajstić information content (AvgIpc) is 3.13. The van der Waals surface area contributed by atoms with Gasteiger partial charge in [0.15, 0.2) is 0 Å². The Bertz CT molecular complexity index is 1680. The number of aryl methyl sites for hydroxylation is 2. The van der Waals surface area contributed by atoms with Crippen LogP contribution in [0.25, 0.3) is 0 Å². The standard InChI is InChI=1S/C40H51N5O7/c1-5-37(48)45(30-16-10-7-11-17-30)25-31-18-12-13-19-44(31)35(22-29-14-8-6-9-15-29)39(50)41-24-36(47)42-28(4)38(49)43-34(40(51)52)23-33-26(2)20-32(46)21-27(33)3/h6-11,14-17,20-21,28,31,34-35,46H,5,12-13,18-19,22-25H2,1-4H3,(H,41,50)(H,42,47)(H,43,49)(H,51,52)/t28-,31?,34+,35+/m1/s1. The molecule has 4 amide bonds. The Balaban J connectivity index is 1.43. The molecule has 0 aliphatic carbocycles. The number of para-hydroxylation sites is 1. The number of amides is 4. The van der Waals surface area contributed by atoms with Crippen molar-refractivity contribution in [1.82, 2.24) is 20.9 Å². The van der Waals surface area contributed by atoms with E-state index >= 15 is 0 Å². The summed E-state index contributed by atoms with van der Waals surface area (Å²) in [6.45, 7) is 7.46. The maximum absolute atomic E-state index is 14.0. The van der Waals surface area contributed by atoms with Crippen LogP contribution in [0.15, 0.2) is 72.8 Å². The number of benzene rings is 3. The Labute approximate surface area is 305 Å². The van der Waals surface area contributed by atoms with Gasteiger partial charge in [-0.2, -0.15) is 0 Å². The number of likely N-dealkylation sites (tertiary alicyclic amines) is 1. The Kier molecular flexibility index (Phi) is 14.3. The third-order valence-electron chi connectivity index (χ3n) is 9.61. The number of carboxylic acid groups (broad SMARTS) is 1. The maximum Gasteiger partial charge on any atom is 0.326 e. The number of piperidine rings is 1. The van der Waals surface area contributed by atoms with E-state index < -0.39 is 35.9 Å². The van der Waals surface area contributed by atoms with Crippen LogP contribution in [0.5, 0.6) is 5.75 Å². The van der Waals surface area contributed by atoms with Crippen LogP contribution in [0.1, 0.15) is 61.8 Å². The summed E-state index contributed by atoms with van der Waals surface area (Å²) in [7, 11) is 0. The number of hydrogen-bond donors (Lipinski definition) is 5. The Morgan fingerprint density at radius 2 is 1.52 bits per heavy atom. The average molecular weight is 714 g/mol. The minimum absolute atomic E-state index is 0.00383. The highest BCUT2D eigenvalue weighted by molar-refractivity contribution is 5.94. The number of hydrogen-bond acceptors (Lipinski definition) is 7. The van der Waals surface area contributed by atoms with Gasteiger partial charge in [0.05, 0.1) is 12.6 Å². The van der Waals surface area contributed by atoms with Crippen molar-refractivity contribution in [3.8, 4) is 5.75 Å². The van der Waals surface area contributed by atoms with Crippen molar-refractivity contribution in [3.05, 3.63) is 95.1 Å². The van der Waals surface area contributed by atoms with E-state index in [1.807, 2.05) is 67.6 Å². The number of carbonyl (C=O) groups excluding carboxylic acids is 4.